The summed E-state index contributed by atoms with van der Waals surface area (Å²) in [5.41, 5.74) is 1.83. The van der Waals surface area contributed by atoms with Crippen LogP contribution < -0.4 is 5.32 Å². The lowest BCUT2D eigenvalue weighted by Gasteiger charge is -2.13. The Balaban J connectivity index is 1.84. The monoisotopic (exact) mass is 372 g/mol. The third kappa shape index (κ3) is 3.32. The van der Waals surface area contributed by atoms with Crippen LogP contribution in [0.15, 0.2) is 53.0 Å². The summed E-state index contributed by atoms with van der Waals surface area (Å²) in [6.07, 6.45) is 0. The van der Waals surface area contributed by atoms with Crippen LogP contribution in [0.3, 0.4) is 0 Å². The van der Waals surface area contributed by atoms with E-state index in [1.165, 1.54) is 0 Å². The number of hydrogen-bond donors (Lipinski definition) is 1. The Morgan fingerprint density at radius 3 is 2.43 bits per heavy atom. The Morgan fingerprint density at radius 1 is 1.09 bits per heavy atom. The fourth-order valence-electron chi connectivity index (χ4n) is 2.41. The molecule has 116 valence electrons. The van der Waals surface area contributed by atoms with E-state index in [1.54, 1.807) is 42.5 Å². The molecule has 3 rings (SSSR count). The van der Waals surface area contributed by atoms with Gasteiger partial charge in [0.15, 0.2) is 5.78 Å². The van der Waals surface area contributed by atoms with Gasteiger partial charge < -0.3 is 5.32 Å². The van der Waals surface area contributed by atoms with Crippen LogP contribution in [0.2, 0.25) is 0 Å². The second kappa shape index (κ2) is 6.34. The van der Waals surface area contributed by atoms with Crippen LogP contribution in [0.4, 0.5) is 4.79 Å². The van der Waals surface area contributed by atoms with Crippen LogP contribution >= 0.6 is 15.9 Å². The molecule has 0 radical (unpaired) electrons. The molecule has 0 saturated carbocycles. The molecule has 1 N–H and O–H groups in total. The first kappa shape index (κ1) is 15.4. The number of nitrogens with one attached hydrogen (secondary N) is 1. The minimum absolute atomic E-state index is 0.0233. The third-order valence-electron chi connectivity index (χ3n) is 3.55. The first-order chi connectivity index (χ1) is 11.0. The highest BCUT2D eigenvalue weighted by Crippen LogP contribution is 2.17. The summed E-state index contributed by atoms with van der Waals surface area (Å²) in [5, 5.41) is 2.47. The quantitative estimate of drug-likeness (QED) is 0.662. The molecule has 5 nitrogen and oxygen atoms in total. The van der Waals surface area contributed by atoms with Gasteiger partial charge in [-0.25, -0.2) is 4.79 Å². The second-order valence-corrected chi connectivity index (χ2v) is 6.09. The van der Waals surface area contributed by atoms with E-state index in [1.807, 2.05) is 6.07 Å². The Kier molecular flexibility index (Phi) is 4.25. The highest BCUT2D eigenvalue weighted by atomic mass is 79.9. The van der Waals surface area contributed by atoms with Crippen molar-refractivity contribution in [3.05, 3.63) is 69.7 Å². The van der Waals surface area contributed by atoms with E-state index in [4.69, 9.17) is 0 Å². The number of carbonyl (C=O) groups is 3. The number of imide groups is 1. The number of rotatable bonds is 4. The van der Waals surface area contributed by atoms with Gasteiger partial charge in [0, 0.05) is 15.6 Å². The van der Waals surface area contributed by atoms with Gasteiger partial charge in [-0.15, -0.1) is 0 Å². The van der Waals surface area contributed by atoms with Crippen molar-refractivity contribution in [1.29, 1.82) is 0 Å². The number of urea groups is 1. The molecule has 0 bridgehead atoms. The summed E-state index contributed by atoms with van der Waals surface area (Å²) in [4.78, 5) is 36.9. The second-order valence-electron chi connectivity index (χ2n) is 5.18. The maximum absolute atomic E-state index is 12.5. The van der Waals surface area contributed by atoms with Gasteiger partial charge in [-0.3, -0.25) is 14.5 Å². The van der Waals surface area contributed by atoms with E-state index in [9.17, 15) is 14.4 Å². The van der Waals surface area contributed by atoms with Crippen LogP contribution in [-0.4, -0.2) is 29.2 Å². The highest BCUT2D eigenvalue weighted by molar-refractivity contribution is 9.10. The minimum atomic E-state index is -0.404. The molecule has 2 aromatic rings. The number of carbonyl (C=O) groups excluding carboxylic acids is 3. The largest absolute Gasteiger partial charge is 0.329 e. The van der Waals surface area contributed by atoms with E-state index in [0.717, 1.165) is 14.9 Å². The zero-order valence-electron chi connectivity index (χ0n) is 12.1. The molecule has 0 aliphatic carbocycles. The van der Waals surface area contributed by atoms with Crippen molar-refractivity contribution in [3.8, 4) is 0 Å². The molecular weight excluding hydrogens is 360 g/mol. The zero-order valence-corrected chi connectivity index (χ0v) is 13.7. The normalized spacial score (nSPS) is 14.0. The summed E-state index contributed by atoms with van der Waals surface area (Å²) in [5.74, 6) is -0.371. The predicted octanol–water partition coefficient (Wildman–Crippen LogP) is 2.73. The first-order valence-electron chi connectivity index (χ1n) is 7.02. The average molecular weight is 373 g/mol. The van der Waals surface area contributed by atoms with Crippen molar-refractivity contribution in [2.45, 2.75) is 6.54 Å². The van der Waals surface area contributed by atoms with Crippen LogP contribution in [0.1, 0.15) is 21.5 Å². The van der Waals surface area contributed by atoms with E-state index >= 15 is 0 Å². The maximum atomic E-state index is 12.5. The highest BCUT2D eigenvalue weighted by Gasteiger charge is 2.28. The molecule has 3 amide bonds. The van der Waals surface area contributed by atoms with Crippen molar-refractivity contribution in [3.63, 3.8) is 0 Å². The number of hydrogen-bond acceptors (Lipinski definition) is 3. The lowest BCUT2D eigenvalue weighted by Crippen LogP contribution is -2.30. The molecule has 0 atom stereocenters. The van der Waals surface area contributed by atoms with E-state index < -0.39 is 6.03 Å². The number of ketones is 1. The summed E-state index contributed by atoms with van der Waals surface area (Å²) in [6.45, 7) is 0.180. The van der Waals surface area contributed by atoms with Crippen LogP contribution in [-0.2, 0) is 11.3 Å². The molecule has 1 aliphatic rings. The van der Waals surface area contributed by atoms with Gasteiger partial charge in [0.25, 0.3) is 0 Å². The van der Waals surface area contributed by atoms with Gasteiger partial charge in [0.2, 0.25) is 5.91 Å². The molecule has 1 saturated heterocycles. The average Bonchev–Trinajstić information content (AvgIpc) is 2.86. The van der Waals surface area contributed by atoms with Gasteiger partial charge >= 0.3 is 6.03 Å². The van der Waals surface area contributed by atoms with E-state index in [0.29, 0.717) is 11.1 Å². The number of halogens is 1. The molecule has 2 aromatic carbocycles. The van der Waals surface area contributed by atoms with Gasteiger partial charge in [0.1, 0.15) is 0 Å². The van der Waals surface area contributed by atoms with Crippen molar-refractivity contribution in [1.82, 2.24) is 10.2 Å². The number of nitrogens with zero attached hydrogens (tertiary/aromatic N) is 1. The maximum Gasteiger partial charge on any atom is 0.324 e. The van der Waals surface area contributed by atoms with Crippen LogP contribution in [0.25, 0.3) is 0 Å². The van der Waals surface area contributed by atoms with Gasteiger partial charge in [0.05, 0.1) is 13.1 Å². The molecule has 6 heteroatoms. The Bertz CT molecular complexity index is 788. The van der Waals surface area contributed by atoms with Gasteiger partial charge in [-0.2, -0.15) is 0 Å². The SMILES string of the molecule is O=C(c1cccc(Br)c1)c1cccc(CN2C(=O)CNC2=O)c1. The van der Waals surface area contributed by atoms with E-state index in [2.05, 4.69) is 21.2 Å². The number of benzene rings is 2. The minimum Gasteiger partial charge on any atom is -0.329 e. The first-order valence-corrected chi connectivity index (χ1v) is 7.81. The topological polar surface area (TPSA) is 66.5 Å². The van der Waals surface area contributed by atoms with E-state index in [-0.39, 0.29) is 24.8 Å². The zero-order chi connectivity index (χ0) is 16.4. The summed E-state index contributed by atoms with van der Waals surface area (Å²) >= 11 is 3.35. The summed E-state index contributed by atoms with van der Waals surface area (Å²) in [7, 11) is 0. The smallest absolute Gasteiger partial charge is 0.324 e. The lowest BCUT2D eigenvalue weighted by molar-refractivity contribution is -0.125. The molecule has 1 fully saturated rings. The Labute approximate surface area is 141 Å². The molecule has 23 heavy (non-hydrogen) atoms. The summed E-state index contributed by atoms with van der Waals surface area (Å²) < 4.78 is 0.832. The van der Waals surface area contributed by atoms with Gasteiger partial charge in [-0.05, 0) is 23.8 Å². The molecular formula is C17H13BrN2O3. The van der Waals surface area contributed by atoms with Crippen molar-refractivity contribution >= 4 is 33.7 Å². The third-order valence-corrected chi connectivity index (χ3v) is 4.05. The standard InChI is InChI=1S/C17H13BrN2O3/c18-14-6-2-5-13(8-14)16(22)12-4-1-3-11(7-12)10-20-15(21)9-19-17(20)23/h1-8H,9-10H2,(H,19,23). The molecule has 1 heterocycles. The molecule has 0 unspecified atom stereocenters. The number of amides is 3. The molecule has 1 aliphatic heterocycles. The Hall–Kier alpha value is -2.47. The van der Waals surface area contributed by atoms with Gasteiger partial charge in [-0.1, -0.05) is 46.3 Å². The fourth-order valence-corrected chi connectivity index (χ4v) is 2.80. The summed E-state index contributed by atoms with van der Waals surface area (Å²) in [6, 6.07) is 13.7. The van der Waals surface area contributed by atoms with Crippen LogP contribution in [0, 0.1) is 0 Å². The predicted molar refractivity (Wildman–Crippen MR) is 88.0 cm³/mol. The van der Waals surface area contributed by atoms with Crippen molar-refractivity contribution in [2.24, 2.45) is 0 Å². The molecule has 0 aromatic heterocycles. The van der Waals surface area contributed by atoms with Crippen molar-refractivity contribution < 1.29 is 14.4 Å². The van der Waals surface area contributed by atoms with Crippen LogP contribution in [0.5, 0.6) is 0 Å². The molecule has 0 spiro atoms. The van der Waals surface area contributed by atoms with Crippen molar-refractivity contribution in [2.75, 3.05) is 6.54 Å². The Morgan fingerprint density at radius 2 is 1.78 bits per heavy atom. The fraction of sp³-hybridized carbons (Fsp3) is 0.118. The lowest BCUT2D eigenvalue weighted by atomic mass is 10.0.